The van der Waals surface area contributed by atoms with Crippen LogP contribution in [0.4, 0.5) is 13.2 Å². The monoisotopic (exact) mass is 347 g/mol. The van der Waals surface area contributed by atoms with Gasteiger partial charge in [0.1, 0.15) is 6.54 Å². The van der Waals surface area contributed by atoms with Crippen LogP contribution in [0, 0.1) is 13.8 Å². The van der Waals surface area contributed by atoms with Crippen molar-refractivity contribution in [3.05, 3.63) is 17.0 Å². The van der Waals surface area contributed by atoms with Crippen LogP contribution >= 0.6 is 0 Å². The van der Waals surface area contributed by atoms with Gasteiger partial charge in [-0.05, 0) is 33.6 Å². The van der Waals surface area contributed by atoms with Gasteiger partial charge in [0.25, 0.3) is 0 Å². The second-order valence-electron chi connectivity index (χ2n) is 6.73. The first-order valence-electron chi connectivity index (χ1n) is 8.13. The Bertz CT molecular complexity index is 604. The van der Waals surface area contributed by atoms with E-state index >= 15 is 0 Å². The fourth-order valence-corrected chi connectivity index (χ4v) is 3.41. The fraction of sp³-hybridized carbons (Fsp3) is 0.750. The Hall–Kier alpha value is -1.57. The zero-order valence-corrected chi connectivity index (χ0v) is 14.2. The number of hydrogen-bond donors (Lipinski definition) is 2. The number of aliphatic hydroxyl groups is 1. The van der Waals surface area contributed by atoms with Crippen LogP contribution in [0.3, 0.4) is 0 Å². The number of aryl methyl sites for hydroxylation is 1. The molecule has 1 amide bonds. The zero-order valence-electron chi connectivity index (χ0n) is 14.2. The number of alkyl halides is 3. The van der Waals surface area contributed by atoms with Crippen molar-refractivity contribution in [2.75, 3.05) is 6.54 Å². The molecule has 0 bridgehead atoms. The molecule has 2 rings (SSSR count). The van der Waals surface area contributed by atoms with E-state index in [0.29, 0.717) is 29.8 Å². The Morgan fingerprint density at radius 1 is 1.38 bits per heavy atom. The van der Waals surface area contributed by atoms with Crippen LogP contribution in [0.2, 0.25) is 0 Å². The van der Waals surface area contributed by atoms with Gasteiger partial charge in [0, 0.05) is 17.8 Å². The largest absolute Gasteiger partial charge is 0.408 e. The molecular formula is C16H24F3N3O2. The number of nitrogens with zero attached hydrogens (tertiary/aromatic N) is 2. The molecule has 1 unspecified atom stereocenters. The van der Waals surface area contributed by atoms with Crippen LogP contribution in [-0.4, -0.2) is 39.1 Å². The maximum absolute atomic E-state index is 12.6. The first kappa shape index (κ1) is 18.8. The molecule has 2 N–H and O–H groups in total. The first-order valence-corrected chi connectivity index (χ1v) is 8.13. The first-order chi connectivity index (χ1) is 11.0. The van der Waals surface area contributed by atoms with E-state index in [-0.39, 0.29) is 12.5 Å². The van der Waals surface area contributed by atoms with Gasteiger partial charge >= 0.3 is 6.18 Å². The van der Waals surface area contributed by atoms with Crippen molar-refractivity contribution in [3.8, 4) is 0 Å². The van der Waals surface area contributed by atoms with E-state index < -0.39 is 24.2 Å². The minimum Gasteiger partial charge on any atom is -0.388 e. The second kappa shape index (κ2) is 6.74. The molecule has 5 nitrogen and oxygen atoms in total. The van der Waals surface area contributed by atoms with E-state index in [2.05, 4.69) is 10.4 Å². The third-order valence-electron chi connectivity index (χ3n) is 4.72. The van der Waals surface area contributed by atoms with Gasteiger partial charge in [0.2, 0.25) is 5.91 Å². The van der Waals surface area contributed by atoms with E-state index in [9.17, 15) is 23.1 Å². The molecule has 0 radical (unpaired) electrons. The normalized spacial score (nSPS) is 18.6. The maximum atomic E-state index is 12.6. The van der Waals surface area contributed by atoms with Gasteiger partial charge < -0.3 is 10.4 Å². The van der Waals surface area contributed by atoms with Crippen LogP contribution in [0.15, 0.2) is 0 Å². The molecule has 24 heavy (non-hydrogen) atoms. The van der Waals surface area contributed by atoms with Gasteiger partial charge in [0.05, 0.1) is 17.2 Å². The predicted molar refractivity (Wildman–Crippen MR) is 82.6 cm³/mol. The third-order valence-corrected chi connectivity index (χ3v) is 4.72. The molecule has 1 fully saturated rings. The van der Waals surface area contributed by atoms with Gasteiger partial charge in [-0.25, -0.2) is 0 Å². The van der Waals surface area contributed by atoms with Crippen molar-refractivity contribution < 1.29 is 23.1 Å². The Morgan fingerprint density at radius 2 is 1.96 bits per heavy atom. The Kier molecular flexibility index (Phi) is 5.27. The van der Waals surface area contributed by atoms with E-state index in [0.717, 1.165) is 17.5 Å². The molecule has 0 aromatic carbocycles. The summed E-state index contributed by atoms with van der Waals surface area (Å²) in [6.45, 7) is 3.78. The van der Waals surface area contributed by atoms with Crippen LogP contribution in [0.25, 0.3) is 0 Å². The summed E-state index contributed by atoms with van der Waals surface area (Å²) >= 11 is 0. The lowest BCUT2D eigenvalue weighted by Crippen LogP contribution is -2.42. The van der Waals surface area contributed by atoms with Gasteiger partial charge in [0.15, 0.2) is 0 Å². The molecule has 1 saturated carbocycles. The summed E-state index contributed by atoms with van der Waals surface area (Å²) < 4.78 is 38.7. The van der Waals surface area contributed by atoms with Gasteiger partial charge in [-0.2, -0.15) is 18.3 Å². The van der Waals surface area contributed by atoms with Crippen molar-refractivity contribution in [3.63, 3.8) is 0 Å². The number of carbonyl (C=O) groups excluding carboxylic acids is 1. The molecular weight excluding hydrogens is 323 g/mol. The highest BCUT2D eigenvalue weighted by Crippen LogP contribution is 2.30. The Balaban J connectivity index is 2.08. The molecule has 1 aliphatic rings. The molecule has 8 heteroatoms. The third kappa shape index (κ3) is 4.28. The molecule has 1 aromatic heterocycles. The number of rotatable bonds is 5. The average molecular weight is 347 g/mol. The highest BCUT2D eigenvalue weighted by Gasteiger charge is 2.34. The van der Waals surface area contributed by atoms with E-state index in [4.69, 9.17) is 0 Å². The summed E-state index contributed by atoms with van der Waals surface area (Å²) in [6.07, 6.45) is -1.18. The Morgan fingerprint density at radius 3 is 2.50 bits per heavy atom. The number of nitrogens with one attached hydrogen (secondary N) is 1. The number of hydrogen-bond acceptors (Lipinski definition) is 3. The summed E-state index contributed by atoms with van der Waals surface area (Å²) in [5, 5.41) is 16.9. The van der Waals surface area contributed by atoms with Gasteiger partial charge in [-0.15, -0.1) is 0 Å². The SMILES string of the molecule is Cc1nn(CC(F)(F)F)c(C)c1C(C)C(=O)NCC1(O)CCCC1. The lowest BCUT2D eigenvalue weighted by Gasteiger charge is -2.23. The fourth-order valence-electron chi connectivity index (χ4n) is 3.41. The highest BCUT2D eigenvalue weighted by molar-refractivity contribution is 5.83. The Labute approximate surface area is 139 Å². The molecule has 136 valence electrons. The topological polar surface area (TPSA) is 67.2 Å². The smallest absolute Gasteiger partial charge is 0.388 e. The molecule has 1 aliphatic carbocycles. The van der Waals surface area contributed by atoms with E-state index in [1.54, 1.807) is 13.8 Å². The van der Waals surface area contributed by atoms with Crippen LogP contribution in [0.1, 0.15) is 55.5 Å². The van der Waals surface area contributed by atoms with Crippen molar-refractivity contribution in [1.29, 1.82) is 0 Å². The lowest BCUT2D eigenvalue weighted by atomic mass is 9.97. The summed E-state index contributed by atoms with van der Waals surface area (Å²) in [5.41, 5.74) is 0.404. The molecule has 0 spiro atoms. The van der Waals surface area contributed by atoms with E-state index in [1.807, 2.05) is 0 Å². The molecule has 1 aromatic rings. The van der Waals surface area contributed by atoms with Crippen molar-refractivity contribution in [2.24, 2.45) is 0 Å². The van der Waals surface area contributed by atoms with Crippen LogP contribution < -0.4 is 5.32 Å². The quantitative estimate of drug-likeness (QED) is 0.860. The summed E-state index contributed by atoms with van der Waals surface area (Å²) in [4.78, 5) is 12.4. The number of halogens is 3. The minimum absolute atomic E-state index is 0.172. The number of carbonyl (C=O) groups is 1. The van der Waals surface area contributed by atoms with Crippen molar-refractivity contribution in [1.82, 2.24) is 15.1 Å². The molecule has 0 aliphatic heterocycles. The summed E-state index contributed by atoms with van der Waals surface area (Å²) in [5.74, 6) is -0.940. The summed E-state index contributed by atoms with van der Waals surface area (Å²) in [6, 6.07) is 0. The average Bonchev–Trinajstić information content (AvgIpc) is 2.99. The van der Waals surface area contributed by atoms with E-state index in [1.165, 1.54) is 6.92 Å². The molecule has 1 atom stereocenters. The lowest BCUT2D eigenvalue weighted by molar-refractivity contribution is -0.143. The number of aromatic nitrogens is 2. The van der Waals surface area contributed by atoms with Crippen LogP contribution in [0.5, 0.6) is 0 Å². The number of amides is 1. The van der Waals surface area contributed by atoms with Crippen LogP contribution in [-0.2, 0) is 11.3 Å². The maximum Gasteiger partial charge on any atom is 0.408 e. The van der Waals surface area contributed by atoms with Gasteiger partial charge in [-0.1, -0.05) is 12.8 Å². The standard InChI is InChI=1S/C16H24F3N3O2/c1-10(14(23)20-8-15(24)6-4-5-7-15)13-11(2)21-22(12(13)3)9-16(17,18)19/h10,24H,4-9H2,1-3H3,(H,20,23). The zero-order chi connectivity index (χ0) is 18.1. The van der Waals surface area contributed by atoms with Crippen molar-refractivity contribution in [2.45, 2.75) is 70.7 Å². The molecule has 0 saturated heterocycles. The summed E-state index contributed by atoms with van der Waals surface area (Å²) in [7, 11) is 0. The molecule has 1 heterocycles. The highest BCUT2D eigenvalue weighted by atomic mass is 19.4. The minimum atomic E-state index is -4.36. The predicted octanol–water partition coefficient (Wildman–Crippen LogP) is 2.59. The van der Waals surface area contributed by atoms with Crippen molar-refractivity contribution >= 4 is 5.91 Å². The van der Waals surface area contributed by atoms with Gasteiger partial charge in [-0.3, -0.25) is 9.48 Å². The second-order valence-corrected chi connectivity index (χ2v) is 6.73.